The third-order valence-electron chi connectivity index (χ3n) is 3.62. The van der Waals surface area contributed by atoms with Gasteiger partial charge < -0.3 is 15.2 Å². The van der Waals surface area contributed by atoms with Crippen molar-refractivity contribution in [3.05, 3.63) is 41.0 Å². The zero-order chi connectivity index (χ0) is 14.7. The highest BCUT2D eigenvalue weighted by atomic mass is 35.5. The molecule has 2 aromatic rings. The number of rotatable bonds is 4. The van der Waals surface area contributed by atoms with Gasteiger partial charge in [0, 0.05) is 26.2 Å². The summed E-state index contributed by atoms with van der Waals surface area (Å²) in [5.74, 6) is 1.18. The maximum absolute atomic E-state index is 6.24. The second-order valence-electron chi connectivity index (χ2n) is 5.02. The maximum Gasteiger partial charge on any atom is 0.240 e. The number of nitrogens with two attached hydrogens (primary N) is 1. The number of hydrogen-bond donors (Lipinski definition) is 1. The largest absolute Gasteiger partial charge is 0.368 e. The molecule has 1 saturated heterocycles. The SMILES string of the molecule is NCc1nc(CN2CCN(c3ccccc3Cl)CC2)no1. The molecule has 21 heavy (non-hydrogen) atoms. The molecule has 0 atom stereocenters. The normalized spacial score (nSPS) is 16.4. The number of anilines is 1. The van der Waals surface area contributed by atoms with Crippen LogP contribution in [0.5, 0.6) is 0 Å². The van der Waals surface area contributed by atoms with Crippen LogP contribution < -0.4 is 10.6 Å². The highest BCUT2D eigenvalue weighted by Gasteiger charge is 2.20. The van der Waals surface area contributed by atoms with E-state index < -0.39 is 0 Å². The van der Waals surface area contributed by atoms with Crippen LogP contribution in [0.25, 0.3) is 0 Å². The Kier molecular flexibility index (Phi) is 4.38. The van der Waals surface area contributed by atoms with Crippen LogP contribution >= 0.6 is 11.6 Å². The van der Waals surface area contributed by atoms with Crippen molar-refractivity contribution in [2.45, 2.75) is 13.1 Å². The topological polar surface area (TPSA) is 71.4 Å². The zero-order valence-electron chi connectivity index (χ0n) is 11.7. The van der Waals surface area contributed by atoms with Crippen LogP contribution in [0, 0.1) is 0 Å². The Morgan fingerprint density at radius 1 is 1.19 bits per heavy atom. The Morgan fingerprint density at radius 2 is 1.95 bits per heavy atom. The van der Waals surface area contributed by atoms with Crippen LogP contribution in [0.15, 0.2) is 28.8 Å². The van der Waals surface area contributed by atoms with Gasteiger partial charge in [0.2, 0.25) is 5.89 Å². The molecule has 0 aliphatic carbocycles. The Hall–Kier alpha value is -1.63. The minimum Gasteiger partial charge on any atom is -0.368 e. The number of halogens is 1. The summed E-state index contributed by atoms with van der Waals surface area (Å²) in [5.41, 5.74) is 6.56. The standard InChI is InChI=1S/C14H18ClN5O/c15-11-3-1-2-4-12(11)20-7-5-19(6-8-20)10-13-17-14(9-16)21-18-13/h1-4H,5-10,16H2. The first kappa shape index (κ1) is 14.3. The molecule has 1 aromatic carbocycles. The van der Waals surface area contributed by atoms with E-state index in [9.17, 15) is 0 Å². The number of aromatic nitrogens is 2. The summed E-state index contributed by atoms with van der Waals surface area (Å²) in [6, 6.07) is 7.95. The fraction of sp³-hybridized carbons (Fsp3) is 0.429. The van der Waals surface area contributed by atoms with Crippen molar-refractivity contribution in [3.8, 4) is 0 Å². The van der Waals surface area contributed by atoms with E-state index in [0.717, 1.165) is 36.9 Å². The van der Waals surface area contributed by atoms with Gasteiger partial charge in [0.25, 0.3) is 0 Å². The highest BCUT2D eigenvalue weighted by Crippen LogP contribution is 2.26. The number of piperazine rings is 1. The maximum atomic E-state index is 6.24. The van der Waals surface area contributed by atoms with E-state index in [0.29, 0.717) is 18.3 Å². The van der Waals surface area contributed by atoms with Gasteiger partial charge in [-0.15, -0.1) is 0 Å². The van der Waals surface area contributed by atoms with Gasteiger partial charge in [0.15, 0.2) is 5.82 Å². The predicted octanol–water partition coefficient (Wildman–Crippen LogP) is 1.50. The smallest absolute Gasteiger partial charge is 0.240 e. The minimum absolute atomic E-state index is 0.285. The molecule has 112 valence electrons. The summed E-state index contributed by atoms with van der Waals surface area (Å²) in [6.07, 6.45) is 0. The van der Waals surface area contributed by atoms with Gasteiger partial charge in [-0.3, -0.25) is 4.90 Å². The molecular weight excluding hydrogens is 290 g/mol. The van der Waals surface area contributed by atoms with Crippen LogP contribution in [0.1, 0.15) is 11.7 Å². The van der Waals surface area contributed by atoms with Gasteiger partial charge >= 0.3 is 0 Å². The third-order valence-corrected chi connectivity index (χ3v) is 3.93. The second kappa shape index (κ2) is 6.43. The van der Waals surface area contributed by atoms with Gasteiger partial charge in [-0.05, 0) is 12.1 Å². The quantitative estimate of drug-likeness (QED) is 0.923. The molecule has 3 rings (SSSR count). The van der Waals surface area contributed by atoms with E-state index in [4.69, 9.17) is 21.9 Å². The lowest BCUT2D eigenvalue weighted by Gasteiger charge is -2.35. The van der Waals surface area contributed by atoms with E-state index in [-0.39, 0.29) is 6.54 Å². The monoisotopic (exact) mass is 307 g/mol. The molecule has 0 bridgehead atoms. The van der Waals surface area contributed by atoms with Gasteiger partial charge in [0.1, 0.15) is 0 Å². The molecule has 1 aliphatic heterocycles. The third kappa shape index (κ3) is 3.34. The molecule has 2 heterocycles. The molecule has 0 unspecified atom stereocenters. The van der Waals surface area contributed by atoms with Gasteiger partial charge in [-0.2, -0.15) is 4.98 Å². The molecule has 1 fully saturated rings. The van der Waals surface area contributed by atoms with Crippen molar-refractivity contribution >= 4 is 17.3 Å². The van der Waals surface area contributed by atoms with Crippen molar-refractivity contribution in [1.82, 2.24) is 15.0 Å². The molecule has 1 aliphatic rings. The Balaban J connectivity index is 1.56. The molecule has 0 spiro atoms. The van der Waals surface area contributed by atoms with Crippen LogP contribution in [0.3, 0.4) is 0 Å². The van der Waals surface area contributed by atoms with E-state index in [1.807, 2.05) is 18.2 Å². The highest BCUT2D eigenvalue weighted by molar-refractivity contribution is 6.33. The van der Waals surface area contributed by atoms with Crippen molar-refractivity contribution in [3.63, 3.8) is 0 Å². The average Bonchev–Trinajstić information content (AvgIpc) is 2.96. The van der Waals surface area contributed by atoms with Crippen LogP contribution in [-0.2, 0) is 13.1 Å². The summed E-state index contributed by atoms with van der Waals surface area (Å²) in [7, 11) is 0. The predicted molar refractivity (Wildman–Crippen MR) is 81.1 cm³/mol. The number of para-hydroxylation sites is 1. The van der Waals surface area contributed by atoms with Crippen molar-refractivity contribution in [2.24, 2.45) is 5.73 Å². The van der Waals surface area contributed by atoms with Crippen molar-refractivity contribution in [1.29, 1.82) is 0 Å². The average molecular weight is 308 g/mol. The summed E-state index contributed by atoms with van der Waals surface area (Å²) in [5, 5.41) is 4.73. The Labute approximate surface area is 128 Å². The lowest BCUT2D eigenvalue weighted by molar-refractivity contribution is 0.240. The van der Waals surface area contributed by atoms with E-state index >= 15 is 0 Å². The second-order valence-corrected chi connectivity index (χ2v) is 5.43. The lowest BCUT2D eigenvalue weighted by Crippen LogP contribution is -2.46. The van der Waals surface area contributed by atoms with E-state index in [1.165, 1.54) is 0 Å². The molecule has 0 saturated carbocycles. The first-order valence-corrected chi connectivity index (χ1v) is 7.37. The van der Waals surface area contributed by atoms with Crippen LogP contribution in [0.4, 0.5) is 5.69 Å². The van der Waals surface area contributed by atoms with Gasteiger partial charge in [-0.25, -0.2) is 0 Å². The zero-order valence-corrected chi connectivity index (χ0v) is 12.5. The molecule has 1 aromatic heterocycles. The first-order valence-electron chi connectivity index (χ1n) is 6.99. The van der Waals surface area contributed by atoms with Gasteiger partial charge in [-0.1, -0.05) is 28.9 Å². The summed E-state index contributed by atoms with van der Waals surface area (Å²) < 4.78 is 5.02. The number of hydrogen-bond acceptors (Lipinski definition) is 6. The van der Waals surface area contributed by atoms with Gasteiger partial charge in [0.05, 0.1) is 23.8 Å². The first-order chi connectivity index (χ1) is 10.3. The molecule has 6 nitrogen and oxygen atoms in total. The van der Waals surface area contributed by atoms with E-state index in [2.05, 4.69) is 26.0 Å². The molecule has 7 heteroatoms. The minimum atomic E-state index is 0.285. The molecule has 2 N–H and O–H groups in total. The Bertz CT molecular complexity index is 595. The van der Waals surface area contributed by atoms with Crippen molar-refractivity contribution in [2.75, 3.05) is 31.1 Å². The lowest BCUT2D eigenvalue weighted by atomic mass is 10.2. The molecule has 0 amide bonds. The van der Waals surface area contributed by atoms with Crippen LogP contribution in [0.2, 0.25) is 5.02 Å². The number of benzene rings is 1. The van der Waals surface area contributed by atoms with Crippen molar-refractivity contribution < 1.29 is 4.52 Å². The Morgan fingerprint density at radius 3 is 2.62 bits per heavy atom. The summed E-state index contributed by atoms with van der Waals surface area (Å²) in [6.45, 7) is 4.74. The summed E-state index contributed by atoms with van der Waals surface area (Å²) >= 11 is 6.24. The van der Waals surface area contributed by atoms with E-state index in [1.54, 1.807) is 0 Å². The summed E-state index contributed by atoms with van der Waals surface area (Å²) in [4.78, 5) is 8.84. The number of nitrogens with zero attached hydrogens (tertiary/aromatic N) is 4. The van der Waals surface area contributed by atoms with Crippen LogP contribution in [-0.4, -0.2) is 41.2 Å². The fourth-order valence-electron chi connectivity index (χ4n) is 2.49. The molecular formula is C14H18ClN5O. The molecule has 0 radical (unpaired) electrons. The fourth-order valence-corrected chi connectivity index (χ4v) is 2.75.